The van der Waals surface area contributed by atoms with Gasteiger partial charge in [0, 0.05) is 24.8 Å². The van der Waals surface area contributed by atoms with Crippen molar-refractivity contribution < 1.29 is 4.79 Å². The van der Waals surface area contributed by atoms with Gasteiger partial charge in [-0.05, 0) is 25.0 Å². The largest absolute Gasteiger partial charge is 0.388 e. The first-order valence-corrected chi connectivity index (χ1v) is 6.33. The van der Waals surface area contributed by atoms with Crippen LogP contribution in [0, 0.1) is 0 Å². The maximum absolute atomic E-state index is 9.56. The summed E-state index contributed by atoms with van der Waals surface area (Å²) in [7, 11) is 1.93. The van der Waals surface area contributed by atoms with Gasteiger partial charge in [-0.2, -0.15) is 0 Å². The fraction of sp³-hybridized carbons (Fsp3) is 0.312. The highest BCUT2D eigenvalue weighted by molar-refractivity contribution is 5.74. The molecule has 3 nitrogen and oxygen atoms in total. The Balaban J connectivity index is 0.000000399. The number of hydrogen-bond acceptors (Lipinski definition) is 2. The second-order valence-corrected chi connectivity index (χ2v) is 4.21. The molecule has 0 unspecified atom stereocenters. The van der Waals surface area contributed by atoms with Crippen LogP contribution < -0.4 is 10.6 Å². The molecule has 1 aromatic rings. The third-order valence-corrected chi connectivity index (χ3v) is 2.49. The highest BCUT2D eigenvalue weighted by atomic mass is 16.1. The zero-order valence-electron chi connectivity index (χ0n) is 12.1. The summed E-state index contributed by atoms with van der Waals surface area (Å²) in [5.41, 5.74) is 4.53. The Morgan fingerprint density at radius 2 is 1.95 bits per heavy atom. The van der Waals surface area contributed by atoms with Crippen molar-refractivity contribution in [2.45, 2.75) is 20.3 Å². The molecule has 1 aromatic carbocycles. The van der Waals surface area contributed by atoms with E-state index in [1.54, 1.807) is 0 Å². The quantitative estimate of drug-likeness (QED) is 0.607. The normalized spacial score (nSPS) is 8.79. The molecular weight excluding hydrogens is 236 g/mol. The van der Waals surface area contributed by atoms with Gasteiger partial charge in [0.05, 0.1) is 0 Å². The third-order valence-electron chi connectivity index (χ3n) is 2.49. The molecule has 2 N–H and O–H groups in total. The van der Waals surface area contributed by atoms with Gasteiger partial charge in [0.15, 0.2) is 0 Å². The van der Waals surface area contributed by atoms with Gasteiger partial charge in [0.2, 0.25) is 6.41 Å². The molecule has 0 heterocycles. The summed E-state index contributed by atoms with van der Waals surface area (Å²) in [5.74, 6) is 0. The Morgan fingerprint density at radius 3 is 2.37 bits per heavy atom. The monoisotopic (exact) mass is 260 g/mol. The Labute approximate surface area is 116 Å². The molecule has 0 aromatic heterocycles. The molecular formula is C16H24N2O. The molecule has 0 fully saturated rings. The fourth-order valence-electron chi connectivity index (χ4n) is 1.42. The molecule has 19 heavy (non-hydrogen) atoms. The molecule has 0 saturated heterocycles. The zero-order valence-corrected chi connectivity index (χ0v) is 12.1. The van der Waals surface area contributed by atoms with Crippen LogP contribution in [-0.2, 0) is 4.79 Å². The number of anilines is 1. The average Bonchev–Trinajstić information content (AvgIpc) is 2.44. The van der Waals surface area contributed by atoms with Gasteiger partial charge in [0.1, 0.15) is 0 Å². The predicted octanol–water partition coefficient (Wildman–Crippen LogP) is 3.46. The van der Waals surface area contributed by atoms with Gasteiger partial charge in [-0.25, -0.2) is 0 Å². The van der Waals surface area contributed by atoms with Crippen molar-refractivity contribution in [1.29, 1.82) is 0 Å². The molecule has 3 heteroatoms. The van der Waals surface area contributed by atoms with Crippen molar-refractivity contribution in [3.05, 3.63) is 48.6 Å². The number of nitrogens with one attached hydrogen (secondary N) is 2. The van der Waals surface area contributed by atoms with E-state index in [1.165, 1.54) is 11.1 Å². The number of amides is 1. The van der Waals surface area contributed by atoms with E-state index < -0.39 is 0 Å². The zero-order chi connectivity index (χ0) is 14.7. The highest BCUT2D eigenvalue weighted by Gasteiger charge is 2.00. The van der Waals surface area contributed by atoms with Gasteiger partial charge in [0.25, 0.3) is 0 Å². The van der Waals surface area contributed by atoms with E-state index in [-0.39, 0.29) is 0 Å². The lowest BCUT2D eigenvalue weighted by molar-refractivity contribution is -0.109. The van der Waals surface area contributed by atoms with Crippen molar-refractivity contribution in [2.24, 2.45) is 0 Å². The molecule has 104 valence electrons. The number of benzene rings is 1. The maximum Gasteiger partial charge on any atom is 0.207 e. The molecule has 0 bridgehead atoms. The van der Waals surface area contributed by atoms with Crippen LogP contribution in [0.2, 0.25) is 0 Å². The van der Waals surface area contributed by atoms with Gasteiger partial charge in [-0.3, -0.25) is 4.79 Å². The minimum absolute atomic E-state index is 0.587. The van der Waals surface area contributed by atoms with E-state index in [0.29, 0.717) is 13.0 Å². The van der Waals surface area contributed by atoms with Crippen LogP contribution in [0.5, 0.6) is 0 Å². The van der Waals surface area contributed by atoms with E-state index in [4.69, 9.17) is 0 Å². The predicted molar refractivity (Wildman–Crippen MR) is 84.2 cm³/mol. The van der Waals surface area contributed by atoms with Crippen LogP contribution >= 0.6 is 0 Å². The van der Waals surface area contributed by atoms with E-state index in [0.717, 1.165) is 17.7 Å². The summed E-state index contributed by atoms with van der Waals surface area (Å²) in [6.07, 6.45) is 1.66. The molecule has 0 radical (unpaired) electrons. The topological polar surface area (TPSA) is 41.1 Å². The maximum atomic E-state index is 9.56. The first-order valence-electron chi connectivity index (χ1n) is 6.33. The Bertz CT molecular complexity index is 425. The Hall–Kier alpha value is -2.03. The molecule has 1 rings (SSSR count). The van der Waals surface area contributed by atoms with Crippen molar-refractivity contribution in [3.8, 4) is 0 Å². The smallest absolute Gasteiger partial charge is 0.207 e. The lowest BCUT2D eigenvalue weighted by atomic mass is 10.0. The summed E-state index contributed by atoms with van der Waals surface area (Å²) < 4.78 is 0. The highest BCUT2D eigenvalue weighted by Crippen LogP contribution is 2.23. The van der Waals surface area contributed by atoms with Crippen molar-refractivity contribution in [1.82, 2.24) is 5.32 Å². The standard InChI is InChI=1S/C11H15N.C5H9NO/c1-4-9(2)10-7-5-6-8-11(10)12-3;1-5(2)3-6-4-7/h5-8,12H,2,4H2,1,3H3;4H,1,3H2,2H3,(H,6,7). The molecule has 0 aliphatic rings. The lowest BCUT2D eigenvalue weighted by Crippen LogP contribution is -2.12. The van der Waals surface area contributed by atoms with E-state index >= 15 is 0 Å². The molecule has 1 amide bonds. The minimum Gasteiger partial charge on any atom is -0.388 e. The summed E-state index contributed by atoms with van der Waals surface area (Å²) in [6, 6.07) is 8.23. The average molecular weight is 260 g/mol. The van der Waals surface area contributed by atoms with Crippen molar-refractivity contribution in [3.63, 3.8) is 0 Å². The lowest BCUT2D eigenvalue weighted by Gasteiger charge is -2.09. The van der Waals surface area contributed by atoms with E-state index in [1.807, 2.05) is 26.1 Å². The molecule has 0 aliphatic heterocycles. The molecule has 0 atom stereocenters. The Morgan fingerprint density at radius 1 is 1.32 bits per heavy atom. The third kappa shape index (κ3) is 7.09. The van der Waals surface area contributed by atoms with Crippen LogP contribution in [-0.4, -0.2) is 20.0 Å². The summed E-state index contributed by atoms with van der Waals surface area (Å²) in [4.78, 5) is 9.56. The van der Waals surface area contributed by atoms with Crippen LogP contribution in [0.1, 0.15) is 25.8 Å². The van der Waals surface area contributed by atoms with Gasteiger partial charge >= 0.3 is 0 Å². The van der Waals surface area contributed by atoms with Crippen LogP contribution in [0.3, 0.4) is 0 Å². The second kappa shape index (κ2) is 9.95. The fourth-order valence-corrected chi connectivity index (χ4v) is 1.42. The summed E-state index contributed by atoms with van der Waals surface area (Å²) in [5, 5.41) is 5.62. The molecule has 0 saturated carbocycles. The number of para-hydroxylation sites is 1. The first kappa shape index (κ1) is 17.0. The first-order chi connectivity index (χ1) is 9.06. The van der Waals surface area contributed by atoms with E-state index in [9.17, 15) is 4.79 Å². The van der Waals surface area contributed by atoms with Crippen LogP contribution in [0.15, 0.2) is 43.0 Å². The van der Waals surface area contributed by atoms with E-state index in [2.05, 4.69) is 42.8 Å². The number of carbonyl (C=O) groups is 1. The second-order valence-electron chi connectivity index (χ2n) is 4.21. The number of rotatable bonds is 6. The SMILES string of the molecule is C=C(C)CNC=O.C=C(CC)c1ccccc1NC. The number of carbonyl (C=O) groups excluding carboxylic acids is 1. The molecule has 0 spiro atoms. The number of hydrogen-bond donors (Lipinski definition) is 2. The van der Waals surface area contributed by atoms with Gasteiger partial charge in [-0.1, -0.05) is 43.9 Å². The van der Waals surface area contributed by atoms with Crippen LogP contribution in [0.25, 0.3) is 5.57 Å². The summed E-state index contributed by atoms with van der Waals surface area (Å²) >= 11 is 0. The Kier molecular flexibility index (Phi) is 8.88. The van der Waals surface area contributed by atoms with Crippen molar-refractivity contribution >= 4 is 17.7 Å². The summed E-state index contributed by atoms with van der Waals surface area (Å²) in [6.45, 7) is 12.1. The van der Waals surface area contributed by atoms with Crippen molar-refractivity contribution in [2.75, 3.05) is 18.9 Å². The number of allylic oxidation sites excluding steroid dienone is 1. The minimum atomic E-state index is 0.587. The van der Waals surface area contributed by atoms with Gasteiger partial charge in [-0.15, -0.1) is 0 Å². The van der Waals surface area contributed by atoms with Gasteiger partial charge < -0.3 is 10.6 Å². The van der Waals surface area contributed by atoms with Crippen LogP contribution in [0.4, 0.5) is 5.69 Å². The molecule has 0 aliphatic carbocycles.